The number of nitrogens with one attached hydrogen (secondary N) is 1. The fraction of sp³-hybridized carbons (Fsp3) is 0.321. The van der Waals surface area contributed by atoms with E-state index >= 15 is 0 Å². The second-order valence-electron chi connectivity index (χ2n) is 9.61. The number of nitrogens with zero attached hydrogens (tertiary/aromatic N) is 5. The lowest BCUT2D eigenvalue weighted by Gasteiger charge is -2.33. The molecule has 1 atom stereocenters. The number of thiophene rings is 1. The van der Waals surface area contributed by atoms with E-state index in [1.54, 1.807) is 24.3 Å². The summed E-state index contributed by atoms with van der Waals surface area (Å²) < 4.78 is 13.6. The topological polar surface area (TPSA) is 113 Å². The highest BCUT2D eigenvalue weighted by Crippen LogP contribution is 2.28. The third-order valence-corrected chi connectivity index (χ3v) is 7.64. The van der Waals surface area contributed by atoms with Crippen molar-refractivity contribution in [1.29, 1.82) is 0 Å². The third-order valence-electron chi connectivity index (χ3n) is 6.78. The van der Waals surface area contributed by atoms with Crippen molar-refractivity contribution in [3.8, 4) is 16.5 Å². The molecule has 1 aliphatic carbocycles. The van der Waals surface area contributed by atoms with Gasteiger partial charge in [-0.25, -0.2) is 4.39 Å². The molecule has 4 aromatic rings. The SMILES string of the molecule is O=C(NC1CCCCC1)C(c1ccc(O)cc1)N(Cc1ccc(F)cc1)C(=O)Cn1nnc(-c2cccs2)n1. The van der Waals surface area contributed by atoms with Crippen LogP contribution in [0.5, 0.6) is 5.75 Å². The van der Waals surface area contributed by atoms with Gasteiger partial charge in [-0.15, -0.1) is 21.5 Å². The van der Waals surface area contributed by atoms with Gasteiger partial charge in [0.2, 0.25) is 17.6 Å². The first-order chi connectivity index (χ1) is 19.0. The summed E-state index contributed by atoms with van der Waals surface area (Å²) in [5.74, 6) is -0.655. The van der Waals surface area contributed by atoms with E-state index in [2.05, 4.69) is 20.7 Å². The number of hydrogen-bond donors (Lipinski definition) is 2. The molecule has 39 heavy (non-hydrogen) atoms. The van der Waals surface area contributed by atoms with Crippen molar-refractivity contribution in [2.45, 2.75) is 57.3 Å². The third kappa shape index (κ3) is 6.66. The molecular weight excluding hydrogens is 519 g/mol. The molecule has 1 aliphatic rings. The van der Waals surface area contributed by atoms with Crippen LogP contribution in [-0.2, 0) is 22.7 Å². The zero-order valence-corrected chi connectivity index (χ0v) is 22.1. The van der Waals surface area contributed by atoms with Crippen molar-refractivity contribution in [1.82, 2.24) is 30.4 Å². The molecule has 2 aromatic carbocycles. The highest BCUT2D eigenvalue weighted by atomic mass is 32.1. The highest BCUT2D eigenvalue weighted by molar-refractivity contribution is 7.13. The Bertz CT molecular complexity index is 1390. The first-order valence-corrected chi connectivity index (χ1v) is 13.8. The predicted molar refractivity (Wildman–Crippen MR) is 144 cm³/mol. The Labute approximate surface area is 229 Å². The van der Waals surface area contributed by atoms with Gasteiger partial charge in [0.1, 0.15) is 24.2 Å². The van der Waals surface area contributed by atoms with E-state index in [0.717, 1.165) is 37.0 Å². The van der Waals surface area contributed by atoms with Gasteiger partial charge in [-0.05, 0) is 64.9 Å². The molecule has 0 spiro atoms. The number of halogens is 1. The Kier molecular flexibility index (Phi) is 8.26. The number of carbonyl (C=O) groups excluding carboxylic acids is 2. The Morgan fingerprint density at radius 3 is 2.51 bits per heavy atom. The average molecular weight is 549 g/mol. The highest BCUT2D eigenvalue weighted by Gasteiger charge is 2.33. The van der Waals surface area contributed by atoms with Crippen LogP contribution in [0.2, 0.25) is 0 Å². The standard InChI is InChI=1S/C28H29FN6O3S/c29-21-12-8-19(9-13-21)17-34(25(37)18-35-32-27(31-33-35)24-7-4-16-39-24)26(20-10-14-23(36)15-11-20)28(38)30-22-5-2-1-3-6-22/h4,7-16,22,26,36H,1-3,5-6,17-18H2,(H,30,38). The maximum Gasteiger partial charge on any atom is 0.247 e. The zero-order valence-electron chi connectivity index (χ0n) is 21.2. The molecule has 2 heterocycles. The van der Waals surface area contributed by atoms with Crippen LogP contribution in [0.3, 0.4) is 0 Å². The first kappa shape index (κ1) is 26.5. The van der Waals surface area contributed by atoms with Gasteiger partial charge < -0.3 is 15.3 Å². The molecule has 1 saturated carbocycles. The number of amides is 2. The van der Waals surface area contributed by atoms with Crippen molar-refractivity contribution in [2.75, 3.05) is 0 Å². The van der Waals surface area contributed by atoms with Gasteiger partial charge >= 0.3 is 0 Å². The number of carbonyl (C=O) groups is 2. The van der Waals surface area contributed by atoms with Crippen molar-refractivity contribution in [3.05, 3.63) is 83.0 Å². The van der Waals surface area contributed by atoms with E-state index in [9.17, 15) is 19.1 Å². The molecule has 0 bridgehead atoms. The van der Waals surface area contributed by atoms with E-state index < -0.39 is 17.8 Å². The van der Waals surface area contributed by atoms with Crippen LogP contribution in [0.15, 0.2) is 66.0 Å². The maximum atomic E-state index is 13.9. The minimum atomic E-state index is -0.995. The quantitative estimate of drug-likeness (QED) is 0.319. The van der Waals surface area contributed by atoms with Crippen molar-refractivity contribution < 1.29 is 19.1 Å². The zero-order chi connectivity index (χ0) is 27.2. The van der Waals surface area contributed by atoms with Gasteiger partial charge in [0.15, 0.2) is 0 Å². The minimum absolute atomic E-state index is 0.0268. The summed E-state index contributed by atoms with van der Waals surface area (Å²) in [7, 11) is 0. The fourth-order valence-electron chi connectivity index (χ4n) is 4.79. The summed E-state index contributed by atoms with van der Waals surface area (Å²) in [6.07, 6.45) is 4.99. The van der Waals surface area contributed by atoms with Crippen LogP contribution in [-0.4, -0.2) is 48.1 Å². The smallest absolute Gasteiger partial charge is 0.247 e. The largest absolute Gasteiger partial charge is 0.508 e. The van der Waals surface area contributed by atoms with Crippen molar-refractivity contribution in [2.24, 2.45) is 0 Å². The second-order valence-corrected chi connectivity index (χ2v) is 10.6. The van der Waals surface area contributed by atoms with Gasteiger partial charge in [0.05, 0.1) is 4.88 Å². The Balaban J connectivity index is 1.47. The molecular formula is C28H29FN6O3S. The van der Waals surface area contributed by atoms with E-state index in [4.69, 9.17) is 0 Å². The molecule has 2 N–H and O–H groups in total. The molecule has 0 aliphatic heterocycles. The van der Waals surface area contributed by atoms with Crippen molar-refractivity contribution in [3.63, 3.8) is 0 Å². The summed E-state index contributed by atoms with van der Waals surface area (Å²) in [6.45, 7) is -0.194. The molecule has 0 saturated heterocycles. The van der Waals surface area contributed by atoms with Gasteiger partial charge in [-0.3, -0.25) is 9.59 Å². The maximum absolute atomic E-state index is 13.9. The molecule has 9 nitrogen and oxygen atoms in total. The van der Waals surface area contributed by atoms with Crippen LogP contribution in [0.4, 0.5) is 4.39 Å². The first-order valence-electron chi connectivity index (χ1n) is 12.9. The summed E-state index contributed by atoms with van der Waals surface area (Å²) in [5.41, 5.74) is 1.20. The van der Waals surface area contributed by atoms with Gasteiger partial charge in [0.25, 0.3) is 0 Å². The summed E-state index contributed by atoms with van der Waals surface area (Å²) in [5, 5.41) is 27.4. The number of phenols is 1. The van der Waals surface area contributed by atoms with E-state index in [1.807, 2.05) is 17.5 Å². The number of tetrazole rings is 1. The van der Waals surface area contributed by atoms with Gasteiger partial charge in [0, 0.05) is 12.6 Å². The van der Waals surface area contributed by atoms with Crippen LogP contribution in [0, 0.1) is 5.82 Å². The number of hydrogen-bond acceptors (Lipinski definition) is 7. The Morgan fingerprint density at radius 2 is 1.82 bits per heavy atom. The predicted octanol–water partition coefficient (Wildman–Crippen LogP) is 4.47. The van der Waals surface area contributed by atoms with E-state index in [0.29, 0.717) is 17.0 Å². The molecule has 0 radical (unpaired) electrons. The number of aromatic nitrogens is 4. The summed E-state index contributed by atoms with van der Waals surface area (Å²) >= 11 is 1.46. The molecule has 202 valence electrons. The molecule has 2 aromatic heterocycles. The fourth-order valence-corrected chi connectivity index (χ4v) is 5.44. The second kappa shape index (κ2) is 12.2. The molecule has 11 heteroatoms. The van der Waals surface area contributed by atoms with E-state index in [1.165, 1.54) is 45.3 Å². The lowest BCUT2D eigenvalue weighted by atomic mass is 9.94. The minimum Gasteiger partial charge on any atom is -0.508 e. The molecule has 1 unspecified atom stereocenters. The van der Waals surface area contributed by atoms with Crippen LogP contribution >= 0.6 is 11.3 Å². The van der Waals surface area contributed by atoms with Gasteiger partial charge in [-0.2, -0.15) is 4.80 Å². The van der Waals surface area contributed by atoms with E-state index in [-0.39, 0.29) is 30.8 Å². The summed E-state index contributed by atoms with van der Waals surface area (Å²) in [6, 6.07) is 14.8. The monoisotopic (exact) mass is 548 g/mol. The number of rotatable bonds is 9. The summed E-state index contributed by atoms with van der Waals surface area (Å²) in [4.78, 5) is 31.2. The molecule has 1 fully saturated rings. The van der Waals surface area contributed by atoms with Crippen LogP contribution in [0.25, 0.3) is 10.7 Å². The number of aromatic hydroxyl groups is 1. The Morgan fingerprint density at radius 1 is 1.08 bits per heavy atom. The van der Waals surface area contributed by atoms with Crippen LogP contribution < -0.4 is 5.32 Å². The Hall–Kier alpha value is -4.12. The molecule has 2 amide bonds. The van der Waals surface area contributed by atoms with Crippen molar-refractivity contribution >= 4 is 23.2 Å². The average Bonchev–Trinajstić information content (AvgIpc) is 3.64. The molecule has 5 rings (SSSR count). The van der Waals surface area contributed by atoms with Crippen LogP contribution in [0.1, 0.15) is 49.3 Å². The number of benzene rings is 2. The lowest BCUT2D eigenvalue weighted by Crippen LogP contribution is -2.47. The normalized spacial score (nSPS) is 14.6. The number of phenolic OH excluding ortho intramolecular Hbond substituents is 1. The van der Waals surface area contributed by atoms with Gasteiger partial charge in [-0.1, -0.05) is 49.6 Å². The lowest BCUT2D eigenvalue weighted by molar-refractivity contribution is -0.142.